The number of anilines is 1. The Balaban J connectivity index is 1.59. The highest BCUT2D eigenvalue weighted by atomic mass is 79.9. The Morgan fingerprint density at radius 2 is 2.04 bits per heavy atom. The molecule has 0 saturated carbocycles. The largest absolute Gasteiger partial charge is 0.469 e. The number of amides is 1. The summed E-state index contributed by atoms with van der Waals surface area (Å²) in [5.41, 5.74) is 1.11. The number of hydrogen-bond donors (Lipinski definition) is 1. The summed E-state index contributed by atoms with van der Waals surface area (Å²) in [5, 5.41) is 7.16. The SMILES string of the molecule is O=C(CCc1ccco1)Nc1ccnn1Cc1ccc(Br)cc1. The Morgan fingerprint density at radius 1 is 1.22 bits per heavy atom. The van der Waals surface area contributed by atoms with Gasteiger partial charge in [0.2, 0.25) is 5.91 Å². The predicted octanol–water partition coefficient (Wildman–Crippen LogP) is 3.86. The van der Waals surface area contributed by atoms with E-state index in [1.807, 2.05) is 36.4 Å². The number of rotatable bonds is 6. The van der Waals surface area contributed by atoms with Crippen molar-refractivity contribution in [1.82, 2.24) is 9.78 Å². The molecule has 1 N–H and O–H groups in total. The van der Waals surface area contributed by atoms with Crippen molar-refractivity contribution in [3.8, 4) is 0 Å². The molecule has 6 heteroatoms. The summed E-state index contributed by atoms with van der Waals surface area (Å²) in [6, 6.07) is 13.5. The summed E-state index contributed by atoms with van der Waals surface area (Å²) >= 11 is 3.42. The molecule has 0 spiro atoms. The lowest BCUT2D eigenvalue weighted by atomic mass is 10.2. The fraction of sp³-hybridized carbons (Fsp3) is 0.176. The maximum Gasteiger partial charge on any atom is 0.225 e. The van der Waals surface area contributed by atoms with Crippen molar-refractivity contribution in [2.75, 3.05) is 5.32 Å². The molecule has 1 aromatic carbocycles. The lowest BCUT2D eigenvalue weighted by molar-refractivity contribution is -0.116. The van der Waals surface area contributed by atoms with Crippen molar-refractivity contribution in [3.05, 3.63) is 70.7 Å². The van der Waals surface area contributed by atoms with Gasteiger partial charge in [0.05, 0.1) is 19.0 Å². The van der Waals surface area contributed by atoms with Gasteiger partial charge in [0.1, 0.15) is 11.6 Å². The number of nitrogens with one attached hydrogen (secondary N) is 1. The van der Waals surface area contributed by atoms with Gasteiger partial charge in [-0.25, -0.2) is 4.68 Å². The van der Waals surface area contributed by atoms with Gasteiger partial charge in [0.25, 0.3) is 0 Å². The molecule has 0 aliphatic rings. The van der Waals surface area contributed by atoms with Crippen LogP contribution in [0.4, 0.5) is 5.82 Å². The summed E-state index contributed by atoms with van der Waals surface area (Å²) in [6.07, 6.45) is 4.25. The van der Waals surface area contributed by atoms with Crippen molar-refractivity contribution >= 4 is 27.7 Å². The maximum absolute atomic E-state index is 12.1. The summed E-state index contributed by atoms with van der Waals surface area (Å²) in [7, 11) is 0. The standard InChI is InChI=1S/C17H16BrN3O2/c18-14-5-3-13(4-6-14)12-21-16(9-10-19-21)20-17(22)8-7-15-2-1-11-23-15/h1-6,9-11H,7-8,12H2,(H,20,22). The number of carbonyl (C=O) groups is 1. The van der Waals surface area contributed by atoms with Crippen LogP contribution >= 0.6 is 15.9 Å². The van der Waals surface area contributed by atoms with Gasteiger partial charge < -0.3 is 9.73 Å². The molecule has 23 heavy (non-hydrogen) atoms. The third-order valence-electron chi connectivity index (χ3n) is 3.41. The van der Waals surface area contributed by atoms with Crippen LogP contribution in [-0.2, 0) is 17.8 Å². The maximum atomic E-state index is 12.1. The highest BCUT2D eigenvalue weighted by molar-refractivity contribution is 9.10. The average Bonchev–Trinajstić information content (AvgIpc) is 3.20. The minimum absolute atomic E-state index is 0.0565. The monoisotopic (exact) mass is 373 g/mol. The van der Waals surface area contributed by atoms with Crippen LogP contribution in [-0.4, -0.2) is 15.7 Å². The second kappa shape index (κ2) is 7.28. The van der Waals surface area contributed by atoms with Crippen molar-refractivity contribution in [2.45, 2.75) is 19.4 Å². The van der Waals surface area contributed by atoms with E-state index in [1.54, 1.807) is 23.2 Å². The topological polar surface area (TPSA) is 60.1 Å². The van der Waals surface area contributed by atoms with Gasteiger partial charge in [0.15, 0.2) is 0 Å². The highest BCUT2D eigenvalue weighted by Gasteiger charge is 2.09. The van der Waals surface area contributed by atoms with E-state index in [9.17, 15) is 4.79 Å². The van der Waals surface area contributed by atoms with Gasteiger partial charge in [-0.2, -0.15) is 5.10 Å². The molecule has 5 nitrogen and oxygen atoms in total. The van der Waals surface area contributed by atoms with Crippen LogP contribution in [0.1, 0.15) is 17.7 Å². The van der Waals surface area contributed by atoms with Crippen LogP contribution in [0.15, 0.2) is 63.8 Å². The fourth-order valence-corrected chi connectivity index (χ4v) is 2.49. The number of hydrogen-bond acceptors (Lipinski definition) is 3. The van der Waals surface area contributed by atoms with Gasteiger partial charge in [-0.05, 0) is 29.8 Å². The molecule has 0 fully saturated rings. The number of aryl methyl sites for hydroxylation is 1. The van der Waals surface area contributed by atoms with Crippen LogP contribution in [0, 0.1) is 0 Å². The van der Waals surface area contributed by atoms with Crippen LogP contribution in [0.25, 0.3) is 0 Å². The molecule has 0 saturated heterocycles. The van der Waals surface area contributed by atoms with E-state index >= 15 is 0 Å². The Kier molecular flexibility index (Phi) is 4.92. The lowest BCUT2D eigenvalue weighted by Gasteiger charge is -2.09. The van der Waals surface area contributed by atoms with E-state index in [1.165, 1.54) is 0 Å². The normalized spacial score (nSPS) is 10.7. The van der Waals surface area contributed by atoms with E-state index in [4.69, 9.17) is 4.42 Å². The Morgan fingerprint density at radius 3 is 2.78 bits per heavy atom. The lowest BCUT2D eigenvalue weighted by Crippen LogP contribution is -2.16. The van der Waals surface area contributed by atoms with Gasteiger partial charge in [-0.15, -0.1) is 0 Å². The van der Waals surface area contributed by atoms with E-state index in [-0.39, 0.29) is 5.91 Å². The van der Waals surface area contributed by atoms with Crippen molar-refractivity contribution in [3.63, 3.8) is 0 Å². The summed E-state index contributed by atoms with van der Waals surface area (Å²) in [4.78, 5) is 12.1. The van der Waals surface area contributed by atoms with Crippen LogP contribution in [0.5, 0.6) is 0 Å². The molecule has 0 aliphatic heterocycles. The average molecular weight is 374 g/mol. The first kappa shape index (κ1) is 15.6. The number of benzene rings is 1. The van der Waals surface area contributed by atoms with E-state index in [0.29, 0.717) is 25.2 Å². The van der Waals surface area contributed by atoms with Crippen molar-refractivity contribution < 1.29 is 9.21 Å². The fourth-order valence-electron chi connectivity index (χ4n) is 2.22. The number of furan rings is 1. The van der Waals surface area contributed by atoms with Gasteiger partial charge in [0, 0.05) is 23.4 Å². The number of halogens is 1. The molecule has 0 atom stereocenters. The third kappa shape index (κ3) is 4.32. The van der Waals surface area contributed by atoms with E-state index < -0.39 is 0 Å². The van der Waals surface area contributed by atoms with E-state index in [2.05, 4.69) is 26.3 Å². The first-order valence-corrected chi connectivity index (χ1v) is 8.08. The van der Waals surface area contributed by atoms with Crippen LogP contribution in [0.3, 0.4) is 0 Å². The van der Waals surface area contributed by atoms with Gasteiger partial charge >= 0.3 is 0 Å². The summed E-state index contributed by atoms with van der Waals surface area (Å²) in [5.74, 6) is 1.44. The summed E-state index contributed by atoms with van der Waals surface area (Å²) < 4.78 is 8.04. The van der Waals surface area contributed by atoms with Gasteiger partial charge in [-0.1, -0.05) is 28.1 Å². The molecule has 1 amide bonds. The zero-order valence-electron chi connectivity index (χ0n) is 12.4. The molecule has 118 valence electrons. The molecule has 0 bridgehead atoms. The van der Waals surface area contributed by atoms with Crippen molar-refractivity contribution in [1.29, 1.82) is 0 Å². The molecule has 3 rings (SSSR count). The Bertz CT molecular complexity index is 764. The number of aromatic nitrogens is 2. The predicted molar refractivity (Wildman–Crippen MR) is 91.1 cm³/mol. The quantitative estimate of drug-likeness (QED) is 0.713. The second-order valence-electron chi connectivity index (χ2n) is 5.13. The minimum atomic E-state index is -0.0565. The molecule has 0 unspecified atom stereocenters. The number of nitrogens with zero attached hydrogens (tertiary/aromatic N) is 2. The third-order valence-corrected chi connectivity index (χ3v) is 3.94. The van der Waals surface area contributed by atoms with Crippen molar-refractivity contribution in [2.24, 2.45) is 0 Å². The first-order valence-electron chi connectivity index (χ1n) is 7.29. The van der Waals surface area contributed by atoms with Crippen LogP contribution < -0.4 is 5.32 Å². The zero-order chi connectivity index (χ0) is 16.1. The molecule has 2 heterocycles. The number of carbonyl (C=O) groups excluding carboxylic acids is 1. The Hall–Kier alpha value is -2.34. The molecule has 0 radical (unpaired) electrons. The molecule has 0 aliphatic carbocycles. The van der Waals surface area contributed by atoms with Crippen LogP contribution in [0.2, 0.25) is 0 Å². The van der Waals surface area contributed by atoms with E-state index in [0.717, 1.165) is 15.8 Å². The molecule has 3 aromatic rings. The molecule has 2 aromatic heterocycles. The molecular formula is C17H16BrN3O2. The Labute approximate surface area is 142 Å². The smallest absolute Gasteiger partial charge is 0.225 e. The first-order chi connectivity index (χ1) is 11.2. The molecular weight excluding hydrogens is 358 g/mol. The zero-order valence-corrected chi connectivity index (χ0v) is 14.0. The minimum Gasteiger partial charge on any atom is -0.469 e. The second-order valence-corrected chi connectivity index (χ2v) is 6.04. The van der Waals surface area contributed by atoms with Gasteiger partial charge in [-0.3, -0.25) is 4.79 Å². The highest BCUT2D eigenvalue weighted by Crippen LogP contribution is 2.14. The summed E-state index contributed by atoms with van der Waals surface area (Å²) in [6.45, 7) is 0.605.